The van der Waals surface area contributed by atoms with Crippen LogP contribution in [0.1, 0.15) is 44.5 Å². The molecule has 1 aromatic carbocycles. The Morgan fingerprint density at radius 3 is 2.40 bits per heavy atom. The highest BCUT2D eigenvalue weighted by molar-refractivity contribution is 6.47. The monoisotopic (exact) mass is 710 g/mol. The number of likely N-dealkylation sites (tertiary alicyclic amines) is 2. The van der Waals surface area contributed by atoms with E-state index in [4.69, 9.17) is 20.4 Å². The lowest BCUT2D eigenvalue weighted by Gasteiger charge is -2.51. The van der Waals surface area contributed by atoms with E-state index in [0.29, 0.717) is 48.1 Å². The number of hydrazone groups is 1. The van der Waals surface area contributed by atoms with Crippen molar-refractivity contribution in [3.63, 3.8) is 0 Å². The highest BCUT2D eigenvalue weighted by Crippen LogP contribution is 2.46. The third kappa shape index (κ3) is 8.68. The zero-order valence-corrected chi connectivity index (χ0v) is 27.9. The summed E-state index contributed by atoms with van der Waals surface area (Å²) in [7, 11) is 1.68. The van der Waals surface area contributed by atoms with E-state index in [9.17, 15) is 31.4 Å². The molecule has 0 spiro atoms. The van der Waals surface area contributed by atoms with Crippen LogP contribution in [-0.4, -0.2) is 106 Å². The zero-order chi connectivity index (χ0) is 36.9. The first kappa shape index (κ1) is 38.5. The average molecular weight is 711 g/mol. The van der Waals surface area contributed by atoms with Crippen molar-refractivity contribution >= 4 is 28.7 Å². The summed E-state index contributed by atoms with van der Waals surface area (Å²) in [6.45, 7) is 3.65. The maximum absolute atomic E-state index is 13.9. The number of hydrogen-bond acceptors (Lipinski definition) is 10. The van der Waals surface area contributed by atoms with E-state index < -0.39 is 36.2 Å². The topological polar surface area (TPSA) is 134 Å². The number of aliphatic hydroxyl groups is 1. The van der Waals surface area contributed by atoms with Crippen molar-refractivity contribution in [1.29, 1.82) is 0 Å². The molecule has 5 rings (SSSR count). The molecule has 2 aromatic heterocycles. The first-order valence-electron chi connectivity index (χ1n) is 15.7. The maximum atomic E-state index is 13.9. The molecule has 17 heteroatoms. The number of halogens is 6. The minimum absolute atomic E-state index is 0.0176. The largest absolute Gasteiger partial charge is 0.488 e. The number of benzene rings is 1. The molecular weight excluding hydrogens is 670 g/mol. The summed E-state index contributed by atoms with van der Waals surface area (Å²) in [5.41, 5.74) is -2.16. The standard InChI is InChI=1S/C30H36F6N8O2.C3H4O/c1-18(40-21-6-8-43(9-7-21)15-29(30(34,35)36)13-42(3)14-29)25(41-37)19-10-22-26(44(17-39-22)27(32)33)23(11-19)46-16-28(2,45)24-5-4-20(31)12-38-24;1-2-3-4/h4-5,10-12,17,21,27,45H,6-9,13-16,37H2,1-3H3;2-3H,1H2/b40-18?,41-25+;. The minimum Gasteiger partial charge on any atom is -0.488 e. The molecule has 4 heterocycles. The van der Waals surface area contributed by atoms with Gasteiger partial charge in [-0.2, -0.15) is 27.1 Å². The lowest BCUT2D eigenvalue weighted by Crippen LogP contribution is -2.66. The summed E-state index contributed by atoms with van der Waals surface area (Å²) in [6, 6.07) is 5.19. The maximum Gasteiger partial charge on any atom is 0.398 e. The molecule has 3 N–H and O–H groups in total. The predicted octanol–water partition coefficient (Wildman–Crippen LogP) is 4.71. The second-order valence-electron chi connectivity index (χ2n) is 12.7. The van der Waals surface area contributed by atoms with Crippen LogP contribution in [0.25, 0.3) is 11.0 Å². The number of fused-ring (bicyclic) bond motifs is 1. The van der Waals surface area contributed by atoms with Gasteiger partial charge in [0.05, 0.1) is 29.2 Å². The van der Waals surface area contributed by atoms with Crippen molar-refractivity contribution < 1.29 is 41.0 Å². The van der Waals surface area contributed by atoms with E-state index >= 15 is 0 Å². The zero-order valence-electron chi connectivity index (χ0n) is 27.9. The molecule has 0 radical (unpaired) electrons. The molecule has 2 aliphatic heterocycles. The Labute approximate surface area is 285 Å². The number of aliphatic imine (C=N–C) groups is 1. The molecular formula is C33H40F6N8O3. The Morgan fingerprint density at radius 2 is 1.88 bits per heavy atom. The van der Waals surface area contributed by atoms with Crippen molar-refractivity contribution in [2.24, 2.45) is 21.4 Å². The van der Waals surface area contributed by atoms with E-state index in [0.717, 1.165) is 18.6 Å². The second-order valence-corrected chi connectivity index (χ2v) is 12.7. The molecule has 2 aliphatic rings. The molecule has 0 amide bonds. The van der Waals surface area contributed by atoms with Crippen LogP contribution in [0, 0.1) is 11.2 Å². The molecule has 0 bridgehead atoms. The van der Waals surface area contributed by atoms with Gasteiger partial charge in [-0.05, 0) is 64.1 Å². The summed E-state index contributed by atoms with van der Waals surface area (Å²) in [6.07, 6.45) is 0.538. The molecule has 2 fully saturated rings. The van der Waals surface area contributed by atoms with Gasteiger partial charge < -0.3 is 25.5 Å². The molecule has 0 aliphatic carbocycles. The molecule has 0 saturated carbocycles. The number of rotatable bonds is 11. The van der Waals surface area contributed by atoms with Gasteiger partial charge in [0.15, 0.2) is 0 Å². The highest BCUT2D eigenvalue weighted by Gasteiger charge is 2.61. The van der Waals surface area contributed by atoms with Crippen LogP contribution in [0.3, 0.4) is 0 Å². The number of aromatic nitrogens is 3. The lowest BCUT2D eigenvalue weighted by atomic mass is 9.78. The van der Waals surface area contributed by atoms with Gasteiger partial charge in [0, 0.05) is 38.3 Å². The van der Waals surface area contributed by atoms with E-state index in [1.165, 1.54) is 31.2 Å². The van der Waals surface area contributed by atoms with Gasteiger partial charge >= 0.3 is 12.7 Å². The molecule has 272 valence electrons. The lowest BCUT2D eigenvalue weighted by molar-refractivity contribution is -0.269. The van der Waals surface area contributed by atoms with E-state index in [2.05, 4.69) is 21.6 Å². The number of nitrogens with two attached hydrogens (primary N) is 1. The van der Waals surface area contributed by atoms with E-state index in [-0.39, 0.29) is 53.9 Å². The van der Waals surface area contributed by atoms with Gasteiger partial charge in [-0.1, -0.05) is 6.58 Å². The fourth-order valence-electron chi connectivity index (χ4n) is 6.22. The molecule has 1 unspecified atom stereocenters. The Balaban J connectivity index is 0.00000133. The van der Waals surface area contributed by atoms with Crippen LogP contribution in [0.15, 0.2) is 59.5 Å². The number of piperidine rings is 1. The normalized spacial score (nSPS) is 19.0. The van der Waals surface area contributed by atoms with Crippen LogP contribution in [-0.2, 0) is 10.4 Å². The van der Waals surface area contributed by atoms with Gasteiger partial charge in [0.2, 0.25) is 0 Å². The van der Waals surface area contributed by atoms with Crippen molar-refractivity contribution in [1.82, 2.24) is 24.3 Å². The number of carbonyl (C=O) groups is 1. The SMILES string of the molecule is C=CC=O.CC(=NC1CCN(CC2(C(F)(F)F)CN(C)C2)CC1)/C(=N\N)c1cc(OCC(C)(O)c2ccc(F)cn2)c2c(c1)ncn2C(F)F. The van der Waals surface area contributed by atoms with Crippen LogP contribution in [0.5, 0.6) is 5.75 Å². The minimum atomic E-state index is -4.28. The van der Waals surface area contributed by atoms with Crippen molar-refractivity contribution in [2.45, 2.75) is 51.1 Å². The number of hydrogen-bond donors (Lipinski definition) is 2. The molecule has 3 aromatic rings. The summed E-state index contributed by atoms with van der Waals surface area (Å²) < 4.78 is 89.0. The predicted molar refractivity (Wildman–Crippen MR) is 176 cm³/mol. The van der Waals surface area contributed by atoms with Gasteiger partial charge in [-0.15, -0.1) is 0 Å². The smallest absolute Gasteiger partial charge is 0.398 e. The number of alkyl halides is 5. The summed E-state index contributed by atoms with van der Waals surface area (Å²) in [5.74, 6) is 5.14. The molecule has 50 heavy (non-hydrogen) atoms. The third-order valence-corrected chi connectivity index (χ3v) is 8.68. The number of ether oxygens (including phenoxy) is 1. The number of carbonyl (C=O) groups excluding carboxylic acids is 1. The van der Waals surface area contributed by atoms with Crippen LogP contribution in [0.4, 0.5) is 26.3 Å². The van der Waals surface area contributed by atoms with Crippen LogP contribution >= 0.6 is 0 Å². The van der Waals surface area contributed by atoms with Gasteiger partial charge in [0.1, 0.15) is 53.0 Å². The van der Waals surface area contributed by atoms with Gasteiger partial charge in [0.25, 0.3) is 0 Å². The van der Waals surface area contributed by atoms with Gasteiger partial charge in [-0.25, -0.2) is 9.37 Å². The van der Waals surface area contributed by atoms with Gasteiger partial charge in [-0.3, -0.25) is 19.3 Å². The number of allylic oxidation sites excluding steroid dienone is 1. The Kier molecular flexibility index (Phi) is 12.1. The van der Waals surface area contributed by atoms with E-state index in [1.54, 1.807) is 18.9 Å². The fraction of sp³-hybridized carbons (Fsp3) is 0.485. The highest BCUT2D eigenvalue weighted by atomic mass is 19.4. The summed E-state index contributed by atoms with van der Waals surface area (Å²) >= 11 is 0. The van der Waals surface area contributed by atoms with Crippen molar-refractivity contribution in [3.8, 4) is 5.75 Å². The first-order chi connectivity index (χ1) is 23.5. The Hall–Kier alpha value is -4.35. The average Bonchev–Trinajstić information content (AvgIpc) is 3.49. The number of aldehydes is 1. The number of nitrogens with zero attached hydrogens (tertiary/aromatic N) is 7. The Bertz CT molecular complexity index is 1690. The first-order valence-corrected chi connectivity index (χ1v) is 15.7. The van der Waals surface area contributed by atoms with Crippen molar-refractivity contribution in [3.05, 3.63) is 66.5 Å². The fourth-order valence-corrected chi connectivity index (χ4v) is 6.22. The molecule has 1 atom stereocenters. The number of imidazole rings is 1. The second kappa shape index (κ2) is 15.7. The quantitative estimate of drug-likeness (QED) is 0.0731. The molecule has 2 saturated heterocycles. The van der Waals surface area contributed by atoms with Crippen LogP contribution < -0.4 is 10.6 Å². The number of pyridine rings is 1. The van der Waals surface area contributed by atoms with Crippen molar-refractivity contribution in [2.75, 3.05) is 46.4 Å². The third-order valence-electron chi connectivity index (χ3n) is 8.68. The summed E-state index contributed by atoms with van der Waals surface area (Å²) in [4.78, 5) is 25.3. The summed E-state index contributed by atoms with van der Waals surface area (Å²) in [5, 5.41) is 14.9. The Morgan fingerprint density at radius 1 is 1.22 bits per heavy atom. The van der Waals surface area contributed by atoms with E-state index in [1.807, 2.05) is 4.90 Å². The molecule has 11 nitrogen and oxygen atoms in total. The van der Waals surface area contributed by atoms with Crippen LogP contribution in [0.2, 0.25) is 0 Å².